The lowest BCUT2D eigenvalue weighted by atomic mass is 10.3. The molecule has 0 heterocycles. The number of rotatable bonds is 5. The van der Waals surface area contributed by atoms with E-state index in [4.69, 9.17) is 4.74 Å². The zero-order chi connectivity index (χ0) is 13.7. The van der Waals surface area contributed by atoms with Crippen molar-refractivity contribution in [2.45, 2.75) is 0 Å². The van der Waals surface area contributed by atoms with Gasteiger partial charge in [-0.25, -0.2) is 8.78 Å². The molecule has 0 amide bonds. The SMILES string of the molecule is Fc1cc(F)cc(OCCNc2ccccc2Br)c1. The summed E-state index contributed by atoms with van der Waals surface area (Å²) >= 11 is 3.41. The van der Waals surface area contributed by atoms with Crippen LogP contribution in [0, 0.1) is 11.6 Å². The molecule has 0 bridgehead atoms. The molecule has 0 atom stereocenters. The monoisotopic (exact) mass is 327 g/mol. The Bertz CT molecular complexity index is 543. The van der Waals surface area contributed by atoms with Gasteiger partial charge in [0.05, 0.1) is 0 Å². The van der Waals surface area contributed by atoms with E-state index in [1.165, 1.54) is 0 Å². The fraction of sp³-hybridized carbons (Fsp3) is 0.143. The summed E-state index contributed by atoms with van der Waals surface area (Å²) in [5, 5.41) is 3.15. The van der Waals surface area contributed by atoms with E-state index < -0.39 is 11.6 Å². The topological polar surface area (TPSA) is 21.3 Å². The van der Waals surface area contributed by atoms with Crippen molar-refractivity contribution in [2.24, 2.45) is 0 Å². The summed E-state index contributed by atoms with van der Waals surface area (Å²) in [7, 11) is 0. The van der Waals surface area contributed by atoms with Crippen LogP contribution in [0.4, 0.5) is 14.5 Å². The highest BCUT2D eigenvalue weighted by Crippen LogP contribution is 2.21. The first-order valence-corrected chi connectivity index (χ1v) is 6.52. The molecule has 0 radical (unpaired) electrons. The maximum atomic E-state index is 12.9. The second kappa shape index (κ2) is 6.52. The Morgan fingerprint density at radius 1 is 1.05 bits per heavy atom. The minimum Gasteiger partial charge on any atom is -0.492 e. The third-order valence-electron chi connectivity index (χ3n) is 2.40. The predicted octanol–water partition coefficient (Wildman–Crippen LogP) is 4.22. The maximum absolute atomic E-state index is 12.9. The van der Waals surface area contributed by atoms with Crippen molar-refractivity contribution in [1.82, 2.24) is 0 Å². The van der Waals surface area contributed by atoms with Crippen LogP contribution in [0.5, 0.6) is 5.75 Å². The standard InChI is InChI=1S/C14H12BrF2NO/c15-13-3-1-2-4-14(13)18-5-6-19-12-8-10(16)7-11(17)9-12/h1-4,7-9,18H,5-6H2. The Morgan fingerprint density at radius 2 is 1.74 bits per heavy atom. The summed E-state index contributed by atoms with van der Waals surface area (Å²) in [6, 6.07) is 10.8. The molecule has 2 rings (SSSR count). The van der Waals surface area contributed by atoms with Crippen molar-refractivity contribution in [1.29, 1.82) is 0 Å². The average molecular weight is 328 g/mol. The lowest BCUT2D eigenvalue weighted by Crippen LogP contribution is -2.11. The highest BCUT2D eigenvalue weighted by atomic mass is 79.9. The van der Waals surface area contributed by atoms with Crippen LogP contribution in [0.1, 0.15) is 0 Å². The van der Waals surface area contributed by atoms with Crippen LogP contribution in [0.25, 0.3) is 0 Å². The zero-order valence-corrected chi connectivity index (χ0v) is 11.6. The lowest BCUT2D eigenvalue weighted by molar-refractivity contribution is 0.328. The summed E-state index contributed by atoms with van der Waals surface area (Å²) in [5.74, 6) is -1.10. The number of benzene rings is 2. The Kier molecular flexibility index (Phi) is 4.74. The zero-order valence-electron chi connectivity index (χ0n) is 10.00. The highest BCUT2D eigenvalue weighted by Gasteiger charge is 2.01. The van der Waals surface area contributed by atoms with Gasteiger partial charge in [0.2, 0.25) is 0 Å². The van der Waals surface area contributed by atoms with Gasteiger partial charge in [-0.3, -0.25) is 0 Å². The van der Waals surface area contributed by atoms with Gasteiger partial charge >= 0.3 is 0 Å². The van der Waals surface area contributed by atoms with Crippen LogP contribution in [0.2, 0.25) is 0 Å². The molecule has 0 aliphatic carbocycles. The van der Waals surface area contributed by atoms with Gasteiger partial charge in [0.25, 0.3) is 0 Å². The lowest BCUT2D eigenvalue weighted by Gasteiger charge is -2.10. The Balaban J connectivity index is 1.82. The van der Waals surface area contributed by atoms with Crippen LogP contribution in [-0.2, 0) is 0 Å². The number of hydrogen-bond acceptors (Lipinski definition) is 2. The molecule has 2 nitrogen and oxygen atoms in total. The smallest absolute Gasteiger partial charge is 0.129 e. The van der Waals surface area contributed by atoms with Crippen LogP contribution in [0.3, 0.4) is 0 Å². The summed E-state index contributed by atoms with van der Waals surface area (Å²) in [4.78, 5) is 0. The molecule has 0 spiro atoms. The third-order valence-corrected chi connectivity index (χ3v) is 3.09. The highest BCUT2D eigenvalue weighted by molar-refractivity contribution is 9.10. The van der Waals surface area contributed by atoms with Crippen molar-refractivity contribution in [3.8, 4) is 5.75 Å². The van der Waals surface area contributed by atoms with Crippen molar-refractivity contribution in [2.75, 3.05) is 18.5 Å². The largest absolute Gasteiger partial charge is 0.492 e. The van der Waals surface area contributed by atoms with Gasteiger partial charge in [0.1, 0.15) is 24.0 Å². The Hall–Kier alpha value is -1.62. The summed E-state index contributed by atoms with van der Waals surface area (Å²) in [5.41, 5.74) is 0.941. The molecule has 5 heteroatoms. The van der Waals surface area contributed by atoms with E-state index in [0.29, 0.717) is 13.2 Å². The summed E-state index contributed by atoms with van der Waals surface area (Å²) in [6.45, 7) is 0.838. The number of halogens is 3. The number of ether oxygens (including phenoxy) is 1. The van der Waals surface area contributed by atoms with E-state index in [-0.39, 0.29) is 5.75 Å². The van der Waals surface area contributed by atoms with E-state index in [0.717, 1.165) is 28.4 Å². The second-order valence-electron chi connectivity index (χ2n) is 3.86. The van der Waals surface area contributed by atoms with E-state index >= 15 is 0 Å². The molecule has 2 aromatic carbocycles. The van der Waals surface area contributed by atoms with Crippen LogP contribution in [-0.4, -0.2) is 13.2 Å². The first-order chi connectivity index (χ1) is 9.15. The molecular formula is C14H12BrF2NO. The van der Waals surface area contributed by atoms with Gasteiger partial charge in [-0.05, 0) is 28.1 Å². The van der Waals surface area contributed by atoms with Gasteiger partial charge < -0.3 is 10.1 Å². The molecule has 0 saturated heterocycles. The molecule has 0 aromatic heterocycles. The van der Waals surface area contributed by atoms with Gasteiger partial charge in [-0.15, -0.1) is 0 Å². The normalized spacial score (nSPS) is 10.3. The Morgan fingerprint density at radius 3 is 2.42 bits per heavy atom. The maximum Gasteiger partial charge on any atom is 0.129 e. The van der Waals surface area contributed by atoms with Gasteiger partial charge in [0.15, 0.2) is 0 Å². The van der Waals surface area contributed by atoms with Crippen molar-refractivity contribution in [3.63, 3.8) is 0 Å². The molecule has 0 aliphatic rings. The molecule has 0 saturated carbocycles. The predicted molar refractivity (Wildman–Crippen MR) is 74.5 cm³/mol. The van der Waals surface area contributed by atoms with Crippen molar-refractivity contribution < 1.29 is 13.5 Å². The molecule has 100 valence electrons. The van der Waals surface area contributed by atoms with E-state index in [9.17, 15) is 8.78 Å². The van der Waals surface area contributed by atoms with E-state index in [2.05, 4.69) is 21.2 Å². The number of nitrogens with one attached hydrogen (secondary N) is 1. The first kappa shape index (κ1) is 13.8. The summed E-state index contributed by atoms with van der Waals surface area (Å²) in [6.07, 6.45) is 0. The van der Waals surface area contributed by atoms with Gasteiger partial charge in [-0.1, -0.05) is 12.1 Å². The number of para-hydroxylation sites is 1. The van der Waals surface area contributed by atoms with Crippen LogP contribution in [0.15, 0.2) is 46.9 Å². The molecule has 0 unspecified atom stereocenters. The fourth-order valence-electron chi connectivity index (χ4n) is 1.57. The third kappa shape index (κ3) is 4.21. The van der Waals surface area contributed by atoms with Gasteiger partial charge in [-0.2, -0.15) is 0 Å². The minimum absolute atomic E-state index is 0.187. The van der Waals surface area contributed by atoms with Crippen molar-refractivity contribution >= 4 is 21.6 Å². The molecule has 2 aromatic rings. The van der Waals surface area contributed by atoms with Gasteiger partial charge in [0, 0.05) is 34.9 Å². The Labute approximate surface area is 118 Å². The molecule has 0 aliphatic heterocycles. The second-order valence-corrected chi connectivity index (χ2v) is 4.71. The first-order valence-electron chi connectivity index (χ1n) is 5.72. The van der Waals surface area contributed by atoms with E-state index in [1.54, 1.807) is 0 Å². The number of hydrogen-bond donors (Lipinski definition) is 1. The fourth-order valence-corrected chi connectivity index (χ4v) is 2.00. The van der Waals surface area contributed by atoms with Crippen LogP contribution < -0.4 is 10.1 Å². The molecule has 0 fully saturated rings. The minimum atomic E-state index is -0.645. The van der Waals surface area contributed by atoms with Crippen LogP contribution >= 0.6 is 15.9 Å². The summed E-state index contributed by atoms with van der Waals surface area (Å²) < 4.78 is 32.0. The molecule has 1 N–H and O–H groups in total. The quantitative estimate of drug-likeness (QED) is 0.830. The molecule has 19 heavy (non-hydrogen) atoms. The molecular weight excluding hydrogens is 316 g/mol. The average Bonchev–Trinajstić information content (AvgIpc) is 2.35. The number of anilines is 1. The van der Waals surface area contributed by atoms with Crippen molar-refractivity contribution in [3.05, 3.63) is 58.6 Å². The van der Waals surface area contributed by atoms with E-state index in [1.807, 2.05) is 24.3 Å².